The Hall–Kier alpha value is -1.68. The van der Waals surface area contributed by atoms with Crippen LogP contribution in [-0.4, -0.2) is 5.91 Å². The standard InChI is InChI=1S/C16H16FNOS/c1-10-2-7-14-11(8-10)9-15(20-14)16(19)18-13-5-3-12(17)4-6-13/h3-6,9-10H,2,7-8H2,1H3,(H,18,19). The second kappa shape index (κ2) is 5.37. The van der Waals surface area contributed by atoms with Crippen molar-refractivity contribution >= 4 is 22.9 Å². The van der Waals surface area contributed by atoms with Crippen molar-refractivity contribution in [2.45, 2.75) is 26.2 Å². The lowest BCUT2D eigenvalue weighted by atomic mass is 9.90. The molecule has 0 spiro atoms. The minimum absolute atomic E-state index is 0.108. The Morgan fingerprint density at radius 2 is 2.10 bits per heavy atom. The first-order valence-electron chi connectivity index (χ1n) is 6.80. The highest BCUT2D eigenvalue weighted by Gasteiger charge is 2.20. The van der Waals surface area contributed by atoms with Gasteiger partial charge in [-0.2, -0.15) is 0 Å². The fourth-order valence-electron chi connectivity index (χ4n) is 2.54. The summed E-state index contributed by atoms with van der Waals surface area (Å²) in [6, 6.07) is 7.84. The van der Waals surface area contributed by atoms with Crippen molar-refractivity contribution in [3.8, 4) is 0 Å². The highest BCUT2D eigenvalue weighted by molar-refractivity contribution is 7.14. The average molecular weight is 289 g/mol. The number of amides is 1. The number of benzene rings is 1. The van der Waals surface area contributed by atoms with Crippen molar-refractivity contribution in [3.05, 3.63) is 51.5 Å². The van der Waals surface area contributed by atoms with E-state index < -0.39 is 0 Å². The van der Waals surface area contributed by atoms with Crippen LogP contribution < -0.4 is 5.32 Å². The molecular formula is C16H16FNOS. The summed E-state index contributed by atoms with van der Waals surface area (Å²) < 4.78 is 12.8. The van der Waals surface area contributed by atoms with E-state index in [0.29, 0.717) is 11.6 Å². The number of hydrogen-bond donors (Lipinski definition) is 1. The zero-order valence-corrected chi connectivity index (χ0v) is 12.1. The third-order valence-corrected chi connectivity index (χ3v) is 4.89. The van der Waals surface area contributed by atoms with Gasteiger partial charge in [0.1, 0.15) is 5.82 Å². The van der Waals surface area contributed by atoms with Gasteiger partial charge in [0.2, 0.25) is 0 Å². The van der Waals surface area contributed by atoms with Gasteiger partial charge in [0.25, 0.3) is 5.91 Å². The molecule has 20 heavy (non-hydrogen) atoms. The molecule has 0 fully saturated rings. The van der Waals surface area contributed by atoms with Crippen molar-refractivity contribution < 1.29 is 9.18 Å². The summed E-state index contributed by atoms with van der Waals surface area (Å²) in [7, 11) is 0. The Bertz CT molecular complexity index is 632. The van der Waals surface area contributed by atoms with Gasteiger partial charge in [0, 0.05) is 10.6 Å². The molecule has 0 saturated heterocycles. The molecule has 0 radical (unpaired) electrons. The number of aryl methyl sites for hydroxylation is 1. The van der Waals surface area contributed by atoms with Gasteiger partial charge >= 0.3 is 0 Å². The summed E-state index contributed by atoms with van der Waals surface area (Å²) in [5, 5.41) is 2.81. The van der Waals surface area contributed by atoms with E-state index in [1.54, 1.807) is 23.5 Å². The van der Waals surface area contributed by atoms with Gasteiger partial charge in [-0.05, 0) is 61.1 Å². The van der Waals surface area contributed by atoms with Gasteiger partial charge < -0.3 is 5.32 Å². The van der Waals surface area contributed by atoms with E-state index in [0.717, 1.165) is 17.7 Å². The van der Waals surface area contributed by atoms with E-state index >= 15 is 0 Å². The maximum atomic E-state index is 12.8. The van der Waals surface area contributed by atoms with Crippen molar-refractivity contribution in [1.82, 2.24) is 0 Å². The number of anilines is 1. The van der Waals surface area contributed by atoms with E-state index in [2.05, 4.69) is 12.2 Å². The third kappa shape index (κ3) is 2.75. The van der Waals surface area contributed by atoms with Crippen LogP contribution in [-0.2, 0) is 12.8 Å². The maximum Gasteiger partial charge on any atom is 0.265 e. The Labute approximate surface area is 121 Å². The molecule has 1 atom stereocenters. The predicted octanol–water partition coefficient (Wildman–Crippen LogP) is 4.26. The molecule has 3 rings (SSSR count). The van der Waals surface area contributed by atoms with E-state index in [4.69, 9.17) is 0 Å². The Balaban J connectivity index is 1.76. The van der Waals surface area contributed by atoms with Crippen molar-refractivity contribution in [3.63, 3.8) is 0 Å². The lowest BCUT2D eigenvalue weighted by Gasteiger charge is -2.16. The molecular weight excluding hydrogens is 273 g/mol. The lowest BCUT2D eigenvalue weighted by Crippen LogP contribution is -2.10. The first kappa shape index (κ1) is 13.3. The number of nitrogens with one attached hydrogen (secondary N) is 1. The number of fused-ring (bicyclic) bond motifs is 1. The van der Waals surface area contributed by atoms with Gasteiger partial charge in [-0.25, -0.2) is 4.39 Å². The second-order valence-electron chi connectivity index (χ2n) is 5.37. The zero-order valence-electron chi connectivity index (χ0n) is 11.3. The number of halogens is 1. The van der Waals surface area contributed by atoms with Crippen LogP contribution in [0.4, 0.5) is 10.1 Å². The Kier molecular flexibility index (Phi) is 3.57. The number of thiophene rings is 1. The first-order valence-corrected chi connectivity index (χ1v) is 7.62. The predicted molar refractivity (Wildman–Crippen MR) is 79.9 cm³/mol. The first-order chi connectivity index (χ1) is 9.61. The molecule has 1 aromatic heterocycles. The molecule has 0 saturated carbocycles. The Morgan fingerprint density at radius 3 is 2.85 bits per heavy atom. The van der Waals surface area contributed by atoms with Gasteiger partial charge in [-0.15, -0.1) is 11.3 Å². The molecule has 1 aliphatic carbocycles. The topological polar surface area (TPSA) is 29.1 Å². The van der Waals surface area contributed by atoms with Crippen LogP contribution in [0.1, 0.15) is 33.5 Å². The largest absolute Gasteiger partial charge is 0.321 e. The number of rotatable bonds is 2. The summed E-state index contributed by atoms with van der Waals surface area (Å²) in [5.74, 6) is 0.289. The fraction of sp³-hybridized carbons (Fsp3) is 0.312. The number of carbonyl (C=O) groups excluding carboxylic acids is 1. The van der Waals surface area contributed by atoms with Crippen LogP contribution in [0.3, 0.4) is 0 Å². The third-order valence-electron chi connectivity index (χ3n) is 3.66. The summed E-state index contributed by atoms with van der Waals surface area (Å²) >= 11 is 1.58. The fourth-order valence-corrected chi connectivity index (χ4v) is 3.65. The van der Waals surface area contributed by atoms with Gasteiger partial charge in [-0.1, -0.05) is 6.92 Å². The van der Waals surface area contributed by atoms with Crippen molar-refractivity contribution in [2.75, 3.05) is 5.32 Å². The zero-order chi connectivity index (χ0) is 14.1. The molecule has 1 aliphatic rings. The molecule has 4 heteroatoms. The number of hydrogen-bond acceptors (Lipinski definition) is 2. The van der Waals surface area contributed by atoms with Crippen LogP contribution in [0.15, 0.2) is 30.3 Å². The lowest BCUT2D eigenvalue weighted by molar-refractivity contribution is 0.103. The highest BCUT2D eigenvalue weighted by Crippen LogP contribution is 2.32. The molecule has 0 aliphatic heterocycles. The molecule has 2 nitrogen and oxygen atoms in total. The van der Waals surface area contributed by atoms with Crippen molar-refractivity contribution in [1.29, 1.82) is 0 Å². The monoisotopic (exact) mass is 289 g/mol. The summed E-state index contributed by atoms with van der Waals surface area (Å²) in [4.78, 5) is 14.3. The van der Waals surface area contributed by atoms with E-state index in [-0.39, 0.29) is 11.7 Å². The van der Waals surface area contributed by atoms with Crippen LogP contribution in [0.25, 0.3) is 0 Å². The smallest absolute Gasteiger partial charge is 0.265 e. The average Bonchev–Trinajstić information content (AvgIpc) is 2.84. The van der Waals surface area contributed by atoms with Crippen molar-refractivity contribution in [2.24, 2.45) is 5.92 Å². The quantitative estimate of drug-likeness (QED) is 0.879. The molecule has 1 heterocycles. The minimum atomic E-state index is -0.302. The molecule has 1 amide bonds. The van der Waals surface area contributed by atoms with Crippen LogP contribution in [0.2, 0.25) is 0 Å². The maximum absolute atomic E-state index is 12.8. The summed E-state index contributed by atoms with van der Waals surface area (Å²) in [6.45, 7) is 2.25. The van der Waals surface area contributed by atoms with E-state index in [1.165, 1.54) is 29.0 Å². The molecule has 104 valence electrons. The highest BCUT2D eigenvalue weighted by atomic mass is 32.1. The van der Waals surface area contributed by atoms with Gasteiger partial charge in [0.05, 0.1) is 4.88 Å². The SMILES string of the molecule is CC1CCc2sc(C(=O)Nc3ccc(F)cc3)cc2C1. The number of carbonyl (C=O) groups is 1. The normalized spacial score (nSPS) is 17.6. The molecule has 1 N–H and O–H groups in total. The minimum Gasteiger partial charge on any atom is -0.321 e. The molecule has 1 aromatic carbocycles. The van der Waals surface area contributed by atoms with Crippen LogP contribution >= 0.6 is 11.3 Å². The van der Waals surface area contributed by atoms with Gasteiger partial charge in [0.15, 0.2) is 0 Å². The second-order valence-corrected chi connectivity index (χ2v) is 6.50. The summed E-state index contributed by atoms with van der Waals surface area (Å²) in [5.41, 5.74) is 1.94. The molecule has 2 aromatic rings. The van der Waals surface area contributed by atoms with Gasteiger partial charge in [-0.3, -0.25) is 4.79 Å². The summed E-state index contributed by atoms with van der Waals surface area (Å²) in [6.07, 6.45) is 3.34. The van der Waals surface area contributed by atoms with E-state index in [1.807, 2.05) is 6.07 Å². The van der Waals surface area contributed by atoms with Crippen LogP contribution in [0, 0.1) is 11.7 Å². The molecule has 1 unspecified atom stereocenters. The van der Waals surface area contributed by atoms with Crippen LogP contribution in [0.5, 0.6) is 0 Å². The Morgan fingerprint density at radius 1 is 1.35 bits per heavy atom. The van der Waals surface area contributed by atoms with E-state index in [9.17, 15) is 9.18 Å². The molecule has 0 bridgehead atoms.